The van der Waals surface area contributed by atoms with Gasteiger partial charge in [0.15, 0.2) is 11.5 Å². The Hall–Kier alpha value is -1.62. The molecule has 0 spiro atoms. The van der Waals surface area contributed by atoms with Crippen LogP contribution in [0.3, 0.4) is 0 Å². The van der Waals surface area contributed by atoms with Crippen molar-refractivity contribution in [3.8, 4) is 22.8 Å². The van der Waals surface area contributed by atoms with Crippen LogP contribution >= 0.6 is 15.9 Å². The van der Waals surface area contributed by atoms with E-state index in [1.54, 1.807) is 0 Å². The van der Waals surface area contributed by atoms with Gasteiger partial charge >= 0.3 is 0 Å². The molecule has 5 heteroatoms. The average molecular weight is 335 g/mol. The monoisotopic (exact) mass is 334 g/mol. The second-order valence-electron chi connectivity index (χ2n) is 4.56. The smallest absolute Gasteiger partial charge is 0.161 e. The first-order valence-electron chi connectivity index (χ1n) is 6.70. The lowest BCUT2D eigenvalue weighted by Crippen LogP contribution is -1.97. The van der Waals surface area contributed by atoms with E-state index in [0.29, 0.717) is 13.2 Å². The minimum Gasteiger partial charge on any atom is -0.490 e. The molecule has 104 valence electrons. The van der Waals surface area contributed by atoms with Crippen molar-refractivity contribution in [2.45, 2.75) is 19.8 Å². The summed E-state index contributed by atoms with van der Waals surface area (Å²) in [6.07, 6.45) is 1.71. The van der Waals surface area contributed by atoms with Crippen LogP contribution in [0, 0.1) is 0 Å². The van der Waals surface area contributed by atoms with E-state index in [0.717, 1.165) is 46.0 Å². The van der Waals surface area contributed by atoms with Crippen molar-refractivity contribution in [1.29, 1.82) is 0 Å². The maximum atomic E-state index is 5.72. The van der Waals surface area contributed by atoms with Crippen LogP contribution in [0.25, 0.3) is 11.3 Å². The third-order valence-electron chi connectivity index (χ3n) is 3.10. The number of aromatic nitrogens is 2. The van der Waals surface area contributed by atoms with Crippen molar-refractivity contribution in [2.24, 2.45) is 0 Å². The summed E-state index contributed by atoms with van der Waals surface area (Å²) in [7, 11) is 0. The fourth-order valence-electron chi connectivity index (χ4n) is 2.09. The third-order valence-corrected chi connectivity index (χ3v) is 3.51. The van der Waals surface area contributed by atoms with Gasteiger partial charge in [0.1, 0.15) is 10.4 Å². The van der Waals surface area contributed by atoms with Gasteiger partial charge in [-0.2, -0.15) is 0 Å². The highest BCUT2D eigenvalue weighted by Crippen LogP contribution is 2.34. The van der Waals surface area contributed by atoms with Crippen molar-refractivity contribution in [2.75, 3.05) is 13.2 Å². The molecule has 3 rings (SSSR count). The Morgan fingerprint density at radius 2 is 1.90 bits per heavy atom. The molecule has 1 aliphatic heterocycles. The first kappa shape index (κ1) is 13.4. The molecule has 0 fully saturated rings. The molecule has 20 heavy (non-hydrogen) atoms. The molecule has 1 aromatic heterocycles. The second-order valence-corrected chi connectivity index (χ2v) is 5.37. The number of hydrogen-bond donors (Lipinski definition) is 0. The molecule has 0 saturated carbocycles. The first-order valence-corrected chi connectivity index (χ1v) is 7.49. The number of rotatable bonds is 2. The summed E-state index contributed by atoms with van der Waals surface area (Å²) < 4.78 is 12.2. The van der Waals surface area contributed by atoms with Crippen molar-refractivity contribution in [1.82, 2.24) is 9.97 Å². The Labute approximate surface area is 126 Å². The van der Waals surface area contributed by atoms with E-state index in [-0.39, 0.29) is 0 Å². The average Bonchev–Trinajstić information content (AvgIpc) is 2.70. The van der Waals surface area contributed by atoms with Gasteiger partial charge in [-0.3, -0.25) is 0 Å². The molecule has 0 unspecified atom stereocenters. The van der Waals surface area contributed by atoms with Crippen molar-refractivity contribution in [3.05, 3.63) is 34.7 Å². The van der Waals surface area contributed by atoms with Crippen molar-refractivity contribution < 1.29 is 9.47 Å². The Morgan fingerprint density at radius 1 is 1.10 bits per heavy atom. The summed E-state index contributed by atoms with van der Waals surface area (Å²) in [6, 6.07) is 7.84. The van der Waals surface area contributed by atoms with Crippen LogP contribution in [0.1, 0.15) is 19.2 Å². The predicted molar refractivity (Wildman–Crippen MR) is 80.2 cm³/mol. The van der Waals surface area contributed by atoms with Gasteiger partial charge in [-0.15, -0.1) is 0 Å². The number of benzene rings is 1. The number of hydrogen-bond acceptors (Lipinski definition) is 4. The summed E-state index contributed by atoms with van der Waals surface area (Å²) >= 11 is 3.43. The molecule has 0 aliphatic carbocycles. The van der Waals surface area contributed by atoms with Gasteiger partial charge in [0.2, 0.25) is 0 Å². The van der Waals surface area contributed by atoms with Gasteiger partial charge in [-0.05, 0) is 40.2 Å². The number of ether oxygens (including phenoxy) is 2. The molecule has 0 N–H and O–H groups in total. The van der Waals surface area contributed by atoms with E-state index in [2.05, 4.69) is 25.9 Å². The fraction of sp³-hybridized carbons (Fsp3) is 0.333. The summed E-state index contributed by atoms with van der Waals surface area (Å²) in [5.74, 6) is 2.41. The molecule has 0 atom stereocenters. The number of aryl methyl sites for hydroxylation is 1. The van der Waals surface area contributed by atoms with E-state index in [1.165, 1.54) is 0 Å². The normalized spacial score (nSPS) is 13.9. The standard InChI is InChI=1S/C15H15BrN2O2/c1-2-15-17-11(9-14(16)18-15)10-4-5-12-13(8-10)20-7-3-6-19-12/h4-5,8-9H,2-3,6-7H2,1H3. The fourth-order valence-corrected chi connectivity index (χ4v) is 2.51. The van der Waals surface area contributed by atoms with Gasteiger partial charge in [0, 0.05) is 18.4 Å². The van der Waals surface area contributed by atoms with Crippen LogP contribution in [0.4, 0.5) is 0 Å². The number of halogens is 1. The lowest BCUT2D eigenvalue weighted by molar-refractivity contribution is 0.297. The minimum atomic E-state index is 0.685. The van der Waals surface area contributed by atoms with Crippen LogP contribution in [-0.4, -0.2) is 23.2 Å². The van der Waals surface area contributed by atoms with Crippen LogP contribution in [0.5, 0.6) is 11.5 Å². The maximum Gasteiger partial charge on any atom is 0.161 e. The van der Waals surface area contributed by atoms with Crippen LogP contribution in [0.2, 0.25) is 0 Å². The quantitative estimate of drug-likeness (QED) is 0.786. The van der Waals surface area contributed by atoms with Gasteiger partial charge in [-0.1, -0.05) is 6.92 Å². The van der Waals surface area contributed by atoms with E-state index in [1.807, 2.05) is 31.2 Å². The van der Waals surface area contributed by atoms with E-state index < -0.39 is 0 Å². The Bertz CT molecular complexity index is 631. The molecule has 0 bridgehead atoms. The van der Waals surface area contributed by atoms with E-state index >= 15 is 0 Å². The molecular weight excluding hydrogens is 320 g/mol. The molecule has 2 aromatic rings. The van der Waals surface area contributed by atoms with Crippen LogP contribution in [-0.2, 0) is 6.42 Å². The lowest BCUT2D eigenvalue weighted by atomic mass is 10.1. The zero-order valence-corrected chi connectivity index (χ0v) is 12.8. The van der Waals surface area contributed by atoms with Crippen LogP contribution in [0.15, 0.2) is 28.9 Å². The Balaban J connectivity index is 2.02. The summed E-state index contributed by atoms with van der Waals surface area (Å²) in [6.45, 7) is 3.43. The number of fused-ring (bicyclic) bond motifs is 1. The number of nitrogens with zero attached hydrogens (tertiary/aromatic N) is 2. The van der Waals surface area contributed by atoms with Gasteiger partial charge in [0.25, 0.3) is 0 Å². The topological polar surface area (TPSA) is 44.2 Å². The zero-order valence-electron chi connectivity index (χ0n) is 11.2. The van der Waals surface area contributed by atoms with E-state index in [4.69, 9.17) is 9.47 Å². The predicted octanol–water partition coefficient (Wildman–Crippen LogP) is 3.63. The molecular formula is C15H15BrN2O2. The second kappa shape index (κ2) is 5.79. The highest BCUT2D eigenvalue weighted by Gasteiger charge is 2.12. The summed E-state index contributed by atoms with van der Waals surface area (Å²) in [4.78, 5) is 8.89. The van der Waals surface area contributed by atoms with E-state index in [9.17, 15) is 0 Å². The molecule has 0 saturated heterocycles. The highest BCUT2D eigenvalue weighted by atomic mass is 79.9. The molecule has 1 aliphatic rings. The molecule has 0 radical (unpaired) electrons. The van der Waals surface area contributed by atoms with Crippen molar-refractivity contribution >= 4 is 15.9 Å². The van der Waals surface area contributed by atoms with Gasteiger partial charge in [0.05, 0.1) is 18.9 Å². The van der Waals surface area contributed by atoms with Crippen molar-refractivity contribution in [3.63, 3.8) is 0 Å². The Kier molecular flexibility index (Phi) is 3.87. The maximum absolute atomic E-state index is 5.72. The zero-order chi connectivity index (χ0) is 13.9. The van der Waals surface area contributed by atoms with Crippen LogP contribution < -0.4 is 9.47 Å². The SMILES string of the molecule is CCc1nc(Br)cc(-c2ccc3c(c2)OCCCO3)n1. The van der Waals surface area contributed by atoms with Gasteiger partial charge in [-0.25, -0.2) is 9.97 Å². The lowest BCUT2D eigenvalue weighted by Gasteiger charge is -2.10. The minimum absolute atomic E-state index is 0.685. The van der Waals surface area contributed by atoms with Gasteiger partial charge < -0.3 is 9.47 Å². The molecule has 4 nitrogen and oxygen atoms in total. The first-order chi connectivity index (χ1) is 9.76. The highest BCUT2D eigenvalue weighted by molar-refractivity contribution is 9.10. The molecule has 0 amide bonds. The largest absolute Gasteiger partial charge is 0.490 e. The molecule has 1 aromatic carbocycles. The molecule has 2 heterocycles. The Morgan fingerprint density at radius 3 is 2.70 bits per heavy atom. The summed E-state index contributed by atoms with van der Waals surface area (Å²) in [5, 5.41) is 0. The summed E-state index contributed by atoms with van der Waals surface area (Å²) in [5.41, 5.74) is 1.89. The third kappa shape index (κ3) is 2.77.